The summed E-state index contributed by atoms with van der Waals surface area (Å²) in [6, 6.07) is 4.85. The number of hydrogen-bond acceptors (Lipinski definition) is 8. The van der Waals surface area contributed by atoms with E-state index in [4.69, 9.17) is 9.47 Å². The van der Waals surface area contributed by atoms with E-state index in [2.05, 4.69) is 10.3 Å². The average molecular weight is 376 g/mol. The minimum atomic E-state index is -1.16. The van der Waals surface area contributed by atoms with Gasteiger partial charge in [-0.15, -0.1) is 0 Å². The number of rotatable bonds is 4. The molecule has 0 bridgehead atoms. The van der Waals surface area contributed by atoms with Crippen molar-refractivity contribution in [1.29, 1.82) is 0 Å². The lowest BCUT2D eigenvalue weighted by Crippen LogP contribution is -2.55. The van der Waals surface area contributed by atoms with Crippen molar-refractivity contribution in [2.45, 2.75) is 13.0 Å². The number of guanidine groups is 1. The number of nitrogens with one attached hydrogen (secondary N) is 1. The molecule has 1 aromatic rings. The third-order valence-corrected chi connectivity index (χ3v) is 4.39. The van der Waals surface area contributed by atoms with Crippen molar-refractivity contribution in [3.8, 4) is 0 Å². The summed E-state index contributed by atoms with van der Waals surface area (Å²) in [6.45, 7) is 3.95. The van der Waals surface area contributed by atoms with Crippen molar-refractivity contribution in [1.82, 2.24) is 10.2 Å². The van der Waals surface area contributed by atoms with E-state index in [1.165, 1.54) is 24.3 Å². The van der Waals surface area contributed by atoms with Crippen LogP contribution in [0.2, 0.25) is 0 Å². The van der Waals surface area contributed by atoms with Crippen LogP contribution in [0.3, 0.4) is 0 Å². The Morgan fingerprint density at radius 1 is 1.37 bits per heavy atom. The maximum Gasteiger partial charge on any atom is 0.321 e. The number of carbonyl (C=O) groups excluding carboxylic acids is 2. The molecule has 10 heteroatoms. The number of non-ortho nitro benzene ring substituents is 1. The van der Waals surface area contributed by atoms with Gasteiger partial charge in [0.25, 0.3) is 5.69 Å². The Kier molecular flexibility index (Phi) is 5.65. The second kappa shape index (κ2) is 8.12. The summed E-state index contributed by atoms with van der Waals surface area (Å²) in [6.07, 6.45) is 0. The van der Waals surface area contributed by atoms with Crippen molar-refractivity contribution in [2.24, 2.45) is 10.9 Å². The van der Waals surface area contributed by atoms with Crippen LogP contribution in [0.25, 0.3) is 0 Å². The van der Waals surface area contributed by atoms with Crippen LogP contribution in [-0.4, -0.2) is 60.6 Å². The molecule has 2 aliphatic rings. The number of morpholine rings is 1. The van der Waals surface area contributed by atoms with Gasteiger partial charge in [0.2, 0.25) is 11.9 Å². The number of nitro benzene ring substituents is 1. The van der Waals surface area contributed by atoms with E-state index in [1.54, 1.807) is 6.92 Å². The zero-order chi connectivity index (χ0) is 19.4. The molecule has 0 aliphatic carbocycles. The first-order valence-electron chi connectivity index (χ1n) is 8.63. The summed E-state index contributed by atoms with van der Waals surface area (Å²) < 4.78 is 10.3. The molecule has 0 spiro atoms. The Balaban J connectivity index is 1.96. The summed E-state index contributed by atoms with van der Waals surface area (Å²) in [5.74, 6) is -1.97. The number of hydrogen-bond donors (Lipinski definition) is 1. The van der Waals surface area contributed by atoms with Gasteiger partial charge in [-0.3, -0.25) is 25.0 Å². The van der Waals surface area contributed by atoms with Gasteiger partial charge in [0.15, 0.2) is 5.92 Å². The first-order chi connectivity index (χ1) is 13.0. The standard InChI is InChI=1S/C17H20N4O6/c1-2-27-16(23)13-14(11-3-5-12(6-4-11)21(24)25)18-17(19-15(13)22)20-7-9-26-10-8-20/h3-6,13-14H,2,7-10H2,1H3,(H,18,19,22)/t13-,14+/m0/s1. The van der Waals surface area contributed by atoms with Gasteiger partial charge in [-0.1, -0.05) is 12.1 Å². The molecule has 1 aromatic carbocycles. The van der Waals surface area contributed by atoms with Gasteiger partial charge in [-0.25, -0.2) is 4.99 Å². The first-order valence-corrected chi connectivity index (χ1v) is 8.63. The van der Waals surface area contributed by atoms with Crippen LogP contribution >= 0.6 is 0 Å². The molecule has 2 atom stereocenters. The number of nitrogens with zero attached hydrogens (tertiary/aromatic N) is 3. The smallest absolute Gasteiger partial charge is 0.321 e. The molecule has 0 saturated carbocycles. The summed E-state index contributed by atoms with van der Waals surface area (Å²) in [7, 11) is 0. The fraction of sp³-hybridized carbons (Fsp3) is 0.471. The Labute approximate surface area is 155 Å². The third-order valence-electron chi connectivity index (χ3n) is 4.39. The molecule has 27 heavy (non-hydrogen) atoms. The molecule has 144 valence electrons. The minimum Gasteiger partial charge on any atom is -0.465 e. The van der Waals surface area contributed by atoms with Gasteiger partial charge >= 0.3 is 5.97 Å². The Bertz CT molecular complexity index is 757. The molecule has 0 radical (unpaired) electrons. The van der Waals surface area contributed by atoms with Crippen LogP contribution in [0.4, 0.5) is 5.69 Å². The molecule has 3 rings (SSSR count). The Morgan fingerprint density at radius 3 is 2.63 bits per heavy atom. The molecule has 1 N–H and O–H groups in total. The second-order valence-corrected chi connectivity index (χ2v) is 6.06. The van der Waals surface area contributed by atoms with Crippen LogP contribution in [0.5, 0.6) is 0 Å². The molecule has 0 unspecified atom stereocenters. The van der Waals surface area contributed by atoms with Gasteiger partial charge in [0.05, 0.1) is 24.7 Å². The quantitative estimate of drug-likeness (QED) is 0.354. The molecule has 0 aromatic heterocycles. The molecule has 1 amide bonds. The van der Waals surface area contributed by atoms with E-state index in [0.29, 0.717) is 37.8 Å². The van der Waals surface area contributed by atoms with Gasteiger partial charge in [0.1, 0.15) is 6.04 Å². The summed E-state index contributed by atoms with van der Waals surface area (Å²) in [5.41, 5.74) is 0.448. The van der Waals surface area contributed by atoms with E-state index in [1.807, 2.05) is 4.90 Å². The number of carbonyl (C=O) groups is 2. The molecular formula is C17H20N4O6. The molecular weight excluding hydrogens is 356 g/mol. The van der Waals surface area contributed by atoms with Crippen LogP contribution in [-0.2, 0) is 19.1 Å². The Morgan fingerprint density at radius 2 is 2.04 bits per heavy atom. The van der Waals surface area contributed by atoms with Crippen molar-refractivity contribution in [3.63, 3.8) is 0 Å². The molecule has 2 heterocycles. The van der Waals surface area contributed by atoms with Crippen molar-refractivity contribution < 1.29 is 24.0 Å². The Hall–Kier alpha value is -3.01. The maximum atomic E-state index is 12.7. The topological polar surface area (TPSA) is 123 Å². The minimum absolute atomic E-state index is 0.0796. The monoisotopic (exact) mass is 376 g/mol. The highest BCUT2D eigenvalue weighted by Gasteiger charge is 2.42. The molecule has 1 saturated heterocycles. The predicted octanol–water partition coefficient (Wildman–Crippen LogP) is 0.633. The van der Waals surface area contributed by atoms with Crippen LogP contribution in [0.1, 0.15) is 18.5 Å². The molecule has 10 nitrogen and oxygen atoms in total. The normalized spacial score (nSPS) is 22.6. The van der Waals surface area contributed by atoms with E-state index >= 15 is 0 Å². The van der Waals surface area contributed by atoms with Crippen molar-refractivity contribution >= 4 is 23.5 Å². The number of amides is 1. The average Bonchev–Trinajstić information content (AvgIpc) is 2.68. The lowest BCUT2D eigenvalue weighted by Gasteiger charge is -2.35. The molecule has 2 aliphatic heterocycles. The third kappa shape index (κ3) is 4.05. The van der Waals surface area contributed by atoms with Gasteiger partial charge in [-0.05, 0) is 12.5 Å². The number of ether oxygens (including phenoxy) is 2. The SMILES string of the molecule is CCOC(=O)[C@@H]1C(=O)NC(N2CCOCC2)=N[C@@H]1c1ccc([N+](=O)[O-])cc1. The van der Waals surface area contributed by atoms with E-state index in [-0.39, 0.29) is 12.3 Å². The maximum absolute atomic E-state index is 12.7. The first kappa shape index (κ1) is 18.8. The largest absolute Gasteiger partial charge is 0.465 e. The van der Waals surface area contributed by atoms with Gasteiger partial charge in [-0.2, -0.15) is 0 Å². The fourth-order valence-electron chi connectivity index (χ4n) is 3.03. The number of esters is 1. The molecule has 1 fully saturated rings. The highest BCUT2D eigenvalue weighted by atomic mass is 16.6. The summed E-state index contributed by atoms with van der Waals surface area (Å²) in [5, 5.41) is 13.6. The number of benzene rings is 1. The van der Waals surface area contributed by atoms with E-state index in [9.17, 15) is 19.7 Å². The van der Waals surface area contributed by atoms with Crippen LogP contribution in [0, 0.1) is 16.0 Å². The van der Waals surface area contributed by atoms with E-state index < -0.39 is 28.8 Å². The fourth-order valence-corrected chi connectivity index (χ4v) is 3.03. The zero-order valence-electron chi connectivity index (χ0n) is 14.8. The highest BCUT2D eigenvalue weighted by molar-refractivity contribution is 6.08. The van der Waals surface area contributed by atoms with Crippen LogP contribution in [0.15, 0.2) is 29.3 Å². The summed E-state index contributed by atoms with van der Waals surface area (Å²) >= 11 is 0. The van der Waals surface area contributed by atoms with Crippen LogP contribution < -0.4 is 5.32 Å². The van der Waals surface area contributed by atoms with Crippen molar-refractivity contribution in [2.75, 3.05) is 32.9 Å². The number of nitro groups is 1. The lowest BCUT2D eigenvalue weighted by molar-refractivity contribution is -0.384. The predicted molar refractivity (Wildman–Crippen MR) is 93.9 cm³/mol. The number of aliphatic imine (C=N–C) groups is 1. The second-order valence-electron chi connectivity index (χ2n) is 6.06. The van der Waals surface area contributed by atoms with Gasteiger partial charge < -0.3 is 14.4 Å². The summed E-state index contributed by atoms with van der Waals surface area (Å²) in [4.78, 5) is 41.8. The van der Waals surface area contributed by atoms with Gasteiger partial charge in [0, 0.05) is 25.2 Å². The zero-order valence-corrected chi connectivity index (χ0v) is 14.8. The highest BCUT2D eigenvalue weighted by Crippen LogP contribution is 2.32. The van der Waals surface area contributed by atoms with Crippen molar-refractivity contribution in [3.05, 3.63) is 39.9 Å². The van der Waals surface area contributed by atoms with E-state index in [0.717, 1.165) is 0 Å². The lowest BCUT2D eigenvalue weighted by atomic mass is 9.91.